The maximum Gasteiger partial charge on any atom is 0.237 e. The third kappa shape index (κ3) is 4.90. The topological polar surface area (TPSA) is 64.3 Å². The molecule has 1 atom stereocenters. The summed E-state index contributed by atoms with van der Waals surface area (Å²) in [5, 5.41) is 2.88. The number of methoxy groups -OCH3 is 1. The minimum atomic E-state index is -0.515. The van der Waals surface area contributed by atoms with E-state index >= 15 is 0 Å². The summed E-state index contributed by atoms with van der Waals surface area (Å²) in [6, 6.07) is 17.1. The molecule has 2 rings (SSSR count). The molecule has 0 saturated carbocycles. The summed E-state index contributed by atoms with van der Waals surface area (Å²) in [6.07, 6.45) is 1.32. The van der Waals surface area contributed by atoms with E-state index in [4.69, 9.17) is 10.5 Å². The molecule has 0 saturated heterocycles. The van der Waals surface area contributed by atoms with E-state index in [1.807, 2.05) is 54.6 Å². The van der Waals surface area contributed by atoms with Crippen LogP contribution in [0.3, 0.4) is 0 Å². The first-order chi connectivity index (χ1) is 10.7. The molecule has 22 heavy (non-hydrogen) atoms. The molecular formula is C18H22N2O2. The molecular weight excluding hydrogens is 276 g/mol. The normalized spacial score (nSPS) is 11.7. The monoisotopic (exact) mass is 298 g/mol. The fourth-order valence-corrected chi connectivity index (χ4v) is 2.21. The van der Waals surface area contributed by atoms with Crippen molar-refractivity contribution in [3.05, 3.63) is 65.7 Å². The van der Waals surface area contributed by atoms with Crippen molar-refractivity contribution in [2.75, 3.05) is 13.7 Å². The van der Waals surface area contributed by atoms with Gasteiger partial charge in [-0.05, 0) is 36.1 Å². The standard InChI is InChI=1S/C18H22N2O2/c1-22-16-9-7-14(8-10-16)11-12-20-18(21)17(19)13-15-5-3-2-4-6-15/h2-10,17H,11-13,19H2,1H3,(H,20,21). The maximum atomic E-state index is 12.0. The van der Waals surface area contributed by atoms with E-state index in [2.05, 4.69) is 5.32 Å². The molecule has 0 bridgehead atoms. The number of amides is 1. The molecule has 0 heterocycles. The molecule has 0 aliphatic heterocycles. The van der Waals surface area contributed by atoms with Gasteiger partial charge in [-0.25, -0.2) is 0 Å². The quantitative estimate of drug-likeness (QED) is 0.821. The van der Waals surface area contributed by atoms with Gasteiger partial charge in [-0.15, -0.1) is 0 Å². The van der Waals surface area contributed by atoms with Crippen molar-refractivity contribution in [2.24, 2.45) is 5.73 Å². The Labute approximate surface area is 131 Å². The van der Waals surface area contributed by atoms with Gasteiger partial charge in [-0.3, -0.25) is 4.79 Å². The number of hydrogen-bond donors (Lipinski definition) is 2. The lowest BCUT2D eigenvalue weighted by atomic mass is 10.1. The molecule has 4 nitrogen and oxygen atoms in total. The van der Waals surface area contributed by atoms with Crippen LogP contribution in [0.5, 0.6) is 5.75 Å². The summed E-state index contributed by atoms with van der Waals surface area (Å²) in [7, 11) is 1.64. The molecule has 0 aliphatic carbocycles. The van der Waals surface area contributed by atoms with Crippen molar-refractivity contribution in [1.82, 2.24) is 5.32 Å². The van der Waals surface area contributed by atoms with Gasteiger partial charge >= 0.3 is 0 Å². The van der Waals surface area contributed by atoms with E-state index in [0.29, 0.717) is 13.0 Å². The molecule has 116 valence electrons. The summed E-state index contributed by atoms with van der Waals surface area (Å²) in [6.45, 7) is 0.577. The number of ether oxygens (including phenoxy) is 1. The summed E-state index contributed by atoms with van der Waals surface area (Å²) in [5.41, 5.74) is 8.16. The van der Waals surface area contributed by atoms with Gasteiger partial charge in [0, 0.05) is 6.54 Å². The average molecular weight is 298 g/mol. The number of nitrogens with two attached hydrogens (primary N) is 1. The summed E-state index contributed by atoms with van der Waals surface area (Å²) in [4.78, 5) is 12.0. The van der Waals surface area contributed by atoms with Crippen molar-refractivity contribution in [1.29, 1.82) is 0 Å². The Morgan fingerprint density at radius 1 is 1.09 bits per heavy atom. The van der Waals surface area contributed by atoms with E-state index in [1.54, 1.807) is 7.11 Å². The van der Waals surface area contributed by atoms with E-state index < -0.39 is 6.04 Å². The molecule has 4 heteroatoms. The van der Waals surface area contributed by atoms with Crippen molar-refractivity contribution in [2.45, 2.75) is 18.9 Å². The van der Waals surface area contributed by atoms with Gasteiger partial charge in [0.15, 0.2) is 0 Å². The molecule has 1 unspecified atom stereocenters. The third-order valence-electron chi connectivity index (χ3n) is 3.51. The van der Waals surface area contributed by atoms with Crippen molar-refractivity contribution < 1.29 is 9.53 Å². The van der Waals surface area contributed by atoms with Crippen LogP contribution in [0.1, 0.15) is 11.1 Å². The van der Waals surface area contributed by atoms with Gasteiger partial charge in [0.05, 0.1) is 13.2 Å². The predicted molar refractivity (Wildman–Crippen MR) is 87.8 cm³/mol. The molecule has 2 aromatic carbocycles. The van der Waals surface area contributed by atoms with Crippen LogP contribution in [0.25, 0.3) is 0 Å². The Hall–Kier alpha value is -2.33. The highest BCUT2D eigenvalue weighted by Crippen LogP contribution is 2.11. The van der Waals surface area contributed by atoms with E-state index in [9.17, 15) is 4.79 Å². The number of benzene rings is 2. The molecule has 0 fully saturated rings. The first-order valence-corrected chi connectivity index (χ1v) is 7.39. The second kappa shape index (κ2) is 8.20. The number of hydrogen-bond acceptors (Lipinski definition) is 3. The highest BCUT2D eigenvalue weighted by Gasteiger charge is 2.13. The molecule has 1 amide bonds. The first kappa shape index (κ1) is 16.0. The molecule has 0 aliphatic rings. The van der Waals surface area contributed by atoms with Crippen LogP contribution in [0.4, 0.5) is 0 Å². The molecule has 0 aromatic heterocycles. The zero-order valence-electron chi connectivity index (χ0n) is 12.8. The van der Waals surface area contributed by atoms with Gasteiger partial charge in [-0.1, -0.05) is 42.5 Å². The lowest BCUT2D eigenvalue weighted by Gasteiger charge is -2.12. The minimum absolute atomic E-state index is 0.114. The Bertz CT molecular complexity index is 582. The molecule has 0 radical (unpaired) electrons. The number of nitrogens with one attached hydrogen (secondary N) is 1. The number of carbonyl (C=O) groups excluding carboxylic acids is 1. The van der Waals surface area contributed by atoms with E-state index in [1.165, 1.54) is 0 Å². The summed E-state index contributed by atoms with van der Waals surface area (Å²) in [5.74, 6) is 0.718. The summed E-state index contributed by atoms with van der Waals surface area (Å²) < 4.78 is 5.11. The van der Waals surface area contributed by atoms with Crippen LogP contribution in [-0.2, 0) is 17.6 Å². The fourth-order valence-electron chi connectivity index (χ4n) is 2.21. The SMILES string of the molecule is COc1ccc(CCNC(=O)C(N)Cc2ccccc2)cc1. The summed E-state index contributed by atoms with van der Waals surface area (Å²) >= 11 is 0. The number of rotatable bonds is 7. The smallest absolute Gasteiger partial charge is 0.237 e. The van der Waals surface area contributed by atoms with Gasteiger partial charge in [0.25, 0.3) is 0 Å². The predicted octanol–water partition coefficient (Wildman–Crippen LogP) is 1.92. The lowest BCUT2D eigenvalue weighted by Crippen LogP contribution is -2.42. The van der Waals surface area contributed by atoms with Crippen molar-refractivity contribution >= 4 is 5.91 Å². The molecule has 3 N–H and O–H groups in total. The number of carbonyl (C=O) groups is 1. The largest absolute Gasteiger partial charge is 0.497 e. The van der Waals surface area contributed by atoms with Gasteiger partial charge in [0.1, 0.15) is 5.75 Å². The zero-order valence-corrected chi connectivity index (χ0v) is 12.8. The second-order valence-corrected chi connectivity index (χ2v) is 5.19. The van der Waals surface area contributed by atoms with Crippen LogP contribution in [-0.4, -0.2) is 25.6 Å². The Morgan fingerprint density at radius 3 is 2.41 bits per heavy atom. The van der Waals surface area contributed by atoms with Crippen LogP contribution >= 0.6 is 0 Å². The second-order valence-electron chi connectivity index (χ2n) is 5.19. The highest BCUT2D eigenvalue weighted by molar-refractivity contribution is 5.81. The third-order valence-corrected chi connectivity index (χ3v) is 3.51. The molecule has 2 aromatic rings. The Kier molecular flexibility index (Phi) is 5.98. The van der Waals surface area contributed by atoms with Gasteiger partial charge in [-0.2, -0.15) is 0 Å². The maximum absolute atomic E-state index is 12.0. The lowest BCUT2D eigenvalue weighted by molar-refractivity contribution is -0.122. The van der Waals surface area contributed by atoms with E-state index in [0.717, 1.165) is 23.3 Å². The Balaban J connectivity index is 1.74. The van der Waals surface area contributed by atoms with Crippen molar-refractivity contribution in [3.63, 3.8) is 0 Å². The van der Waals surface area contributed by atoms with Gasteiger partial charge in [0.2, 0.25) is 5.91 Å². The van der Waals surface area contributed by atoms with Crippen LogP contribution < -0.4 is 15.8 Å². The van der Waals surface area contributed by atoms with E-state index in [-0.39, 0.29) is 5.91 Å². The Morgan fingerprint density at radius 2 is 1.77 bits per heavy atom. The minimum Gasteiger partial charge on any atom is -0.497 e. The van der Waals surface area contributed by atoms with Gasteiger partial charge < -0.3 is 15.8 Å². The van der Waals surface area contributed by atoms with Crippen LogP contribution in [0, 0.1) is 0 Å². The zero-order chi connectivity index (χ0) is 15.8. The molecule has 0 spiro atoms. The van der Waals surface area contributed by atoms with Crippen molar-refractivity contribution in [3.8, 4) is 5.75 Å². The van der Waals surface area contributed by atoms with Crippen LogP contribution in [0.15, 0.2) is 54.6 Å². The fraction of sp³-hybridized carbons (Fsp3) is 0.278. The average Bonchev–Trinajstić information content (AvgIpc) is 2.56. The highest BCUT2D eigenvalue weighted by atomic mass is 16.5. The first-order valence-electron chi connectivity index (χ1n) is 7.39. The van der Waals surface area contributed by atoms with Crippen LogP contribution in [0.2, 0.25) is 0 Å².